The summed E-state index contributed by atoms with van der Waals surface area (Å²) < 4.78 is 2.42. The summed E-state index contributed by atoms with van der Waals surface area (Å²) in [5.74, 6) is -0.638. The molecule has 0 aliphatic heterocycles. The van der Waals surface area contributed by atoms with E-state index < -0.39 is 11.4 Å². The Morgan fingerprint density at radius 3 is 2.81 bits per heavy atom. The number of carbonyl (C=O) groups is 1. The molecule has 0 unspecified atom stereocenters. The number of aromatic nitrogens is 3. The monoisotopic (exact) mass is 283 g/mol. The van der Waals surface area contributed by atoms with Crippen LogP contribution in [0.5, 0.6) is 0 Å². The largest absolute Gasteiger partial charge is 0.481 e. The smallest absolute Gasteiger partial charge is 0.316 e. The highest BCUT2D eigenvalue weighted by atomic mass is 79.9. The molecular formula is C10H10BrN3O2. The lowest BCUT2D eigenvalue weighted by molar-refractivity contribution is -0.142. The van der Waals surface area contributed by atoms with Crippen molar-refractivity contribution in [2.75, 3.05) is 0 Å². The lowest BCUT2D eigenvalue weighted by atomic mass is 9.93. The summed E-state index contributed by atoms with van der Waals surface area (Å²) in [4.78, 5) is 15.3. The van der Waals surface area contributed by atoms with E-state index in [-0.39, 0.29) is 0 Å². The van der Waals surface area contributed by atoms with Gasteiger partial charge in [0, 0.05) is 10.7 Å². The van der Waals surface area contributed by atoms with Gasteiger partial charge in [-0.05, 0) is 41.9 Å². The molecule has 0 aliphatic rings. The summed E-state index contributed by atoms with van der Waals surface area (Å²) >= 11 is 3.32. The zero-order chi connectivity index (χ0) is 11.9. The summed E-state index contributed by atoms with van der Waals surface area (Å²) in [6, 6.07) is 3.61. The highest BCUT2D eigenvalue weighted by Gasteiger charge is 2.34. The van der Waals surface area contributed by atoms with Crippen molar-refractivity contribution >= 4 is 27.5 Å². The van der Waals surface area contributed by atoms with Gasteiger partial charge in [-0.2, -0.15) is 5.10 Å². The minimum Gasteiger partial charge on any atom is -0.481 e. The third kappa shape index (κ3) is 1.69. The highest BCUT2D eigenvalue weighted by molar-refractivity contribution is 9.10. The molecule has 6 heteroatoms. The molecule has 5 nitrogen and oxygen atoms in total. The third-order valence-corrected chi connectivity index (χ3v) is 2.86. The maximum atomic E-state index is 11.1. The summed E-state index contributed by atoms with van der Waals surface area (Å²) in [5, 5.41) is 13.2. The van der Waals surface area contributed by atoms with Gasteiger partial charge in [-0.3, -0.25) is 4.79 Å². The fourth-order valence-corrected chi connectivity index (χ4v) is 1.54. The lowest BCUT2D eigenvalue weighted by Gasteiger charge is -2.13. The SMILES string of the molecule is CC(C)(C(=O)O)c1nc2ccc(Br)cn2n1. The Kier molecular flexibility index (Phi) is 2.46. The first kappa shape index (κ1) is 11.1. The lowest BCUT2D eigenvalue weighted by Crippen LogP contribution is -2.30. The van der Waals surface area contributed by atoms with Crippen molar-refractivity contribution < 1.29 is 9.90 Å². The number of aliphatic carboxylic acids is 1. The molecule has 0 atom stereocenters. The molecule has 16 heavy (non-hydrogen) atoms. The Morgan fingerprint density at radius 1 is 1.50 bits per heavy atom. The Labute approximate surface area is 100 Å². The molecule has 2 aromatic rings. The van der Waals surface area contributed by atoms with E-state index in [1.807, 2.05) is 6.07 Å². The maximum Gasteiger partial charge on any atom is 0.316 e. The second kappa shape index (κ2) is 3.55. The molecule has 0 aliphatic carbocycles. The van der Waals surface area contributed by atoms with Gasteiger partial charge in [-0.1, -0.05) is 0 Å². The molecule has 0 radical (unpaired) electrons. The Hall–Kier alpha value is -1.43. The predicted octanol–water partition coefficient (Wildman–Crippen LogP) is 1.85. The normalized spacial score (nSPS) is 11.9. The molecule has 0 amide bonds. The number of carboxylic acids is 1. The minimum atomic E-state index is -1.08. The van der Waals surface area contributed by atoms with Crippen LogP contribution in [0.25, 0.3) is 5.65 Å². The van der Waals surface area contributed by atoms with Crippen LogP contribution in [0.1, 0.15) is 19.7 Å². The average Bonchev–Trinajstić information content (AvgIpc) is 2.60. The van der Waals surface area contributed by atoms with E-state index >= 15 is 0 Å². The summed E-state index contributed by atoms with van der Waals surface area (Å²) in [6.45, 7) is 3.16. The van der Waals surface area contributed by atoms with Gasteiger partial charge in [0.25, 0.3) is 0 Å². The van der Waals surface area contributed by atoms with E-state index in [0.717, 1.165) is 4.47 Å². The molecule has 1 N–H and O–H groups in total. The van der Waals surface area contributed by atoms with Crippen LogP contribution in [-0.4, -0.2) is 25.7 Å². The highest BCUT2D eigenvalue weighted by Crippen LogP contribution is 2.21. The predicted molar refractivity (Wildman–Crippen MR) is 61.3 cm³/mol. The van der Waals surface area contributed by atoms with Crippen LogP contribution in [0.3, 0.4) is 0 Å². The number of rotatable bonds is 2. The Morgan fingerprint density at radius 2 is 2.19 bits per heavy atom. The first-order valence-corrected chi connectivity index (χ1v) is 5.46. The molecule has 2 aromatic heterocycles. The molecule has 0 saturated carbocycles. The van der Waals surface area contributed by atoms with Crippen molar-refractivity contribution in [3.8, 4) is 0 Å². The van der Waals surface area contributed by atoms with E-state index in [1.165, 1.54) is 0 Å². The van der Waals surface area contributed by atoms with Crippen LogP contribution in [-0.2, 0) is 10.2 Å². The molecule has 0 aromatic carbocycles. The van der Waals surface area contributed by atoms with Gasteiger partial charge >= 0.3 is 5.97 Å². The number of carboxylic acid groups (broad SMARTS) is 1. The van der Waals surface area contributed by atoms with E-state index in [2.05, 4.69) is 26.0 Å². The Bertz CT molecular complexity index is 562. The molecule has 0 fully saturated rings. The van der Waals surface area contributed by atoms with Gasteiger partial charge in [0.1, 0.15) is 5.41 Å². The van der Waals surface area contributed by atoms with Crippen molar-refractivity contribution in [1.29, 1.82) is 0 Å². The van der Waals surface area contributed by atoms with E-state index in [1.54, 1.807) is 30.6 Å². The molecule has 0 spiro atoms. The van der Waals surface area contributed by atoms with Crippen molar-refractivity contribution in [2.24, 2.45) is 0 Å². The number of nitrogens with zero attached hydrogens (tertiary/aromatic N) is 3. The molecule has 84 valence electrons. The average molecular weight is 284 g/mol. The summed E-state index contributed by atoms with van der Waals surface area (Å²) in [7, 11) is 0. The number of halogens is 1. The van der Waals surface area contributed by atoms with E-state index in [9.17, 15) is 4.79 Å². The number of fused-ring (bicyclic) bond motifs is 1. The van der Waals surface area contributed by atoms with Gasteiger partial charge in [-0.15, -0.1) is 0 Å². The van der Waals surface area contributed by atoms with Crippen LogP contribution in [0.15, 0.2) is 22.8 Å². The number of hydrogen-bond acceptors (Lipinski definition) is 3. The van der Waals surface area contributed by atoms with Gasteiger partial charge in [0.05, 0.1) is 0 Å². The first-order valence-electron chi connectivity index (χ1n) is 4.67. The van der Waals surface area contributed by atoms with Crippen LogP contribution < -0.4 is 0 Å². The van der Waals surface area contributed by atoms with Crippen molar-refractivity contribution in [3.63, 3.8) is 0 Å². The zero-order valence-corrected chi connectivity index (χ0v) is 10.4. The van der Waals surface area contributed by atoms with E-state index in [4.69, 9.17) is 5.11 Å². The van der Waals surface area contributed by atoms with Crippen molar-refractivity contribution in [2.45, 2.75) is 19.3 Å². The summed E-state index contributed by atoms with van der Waals surface area (Å²) in [5.41, 5.74) is -0.453. The number of hydrogen-bond donors (Lipinski definition) is 1. The summed E-state index contributed by atoms with van der Waals surface area (Å²) in [6.07, 6.45) is 1.74. The number of pyridine rings is 1. The third-order valence-electron chi connectivity index (χ3n) is 2.39. The van der Waals surface area contributed by atoms with Crippen LogP contribution in [0.4, 0.5) is 0 Å². The quantitative estimate of drug-likeness (QED) is 0.914. The molecular weight excluding hydrogens is 274 g/mol. The van der Waals surface area contributed by atoms with Gasteiger partial charge in [0.15, 0.2) is 11.5 Å². The first-order chi connectivity index (χ1) is 7.41. The molecule has 2 rings (SSSR count). The second-order valence-electron chi connectivity index (χ2n) is 4.02. The van der Waals surface area contributed by atoms with Crippen molar-refractivity contribution in [3.05, 3.63) is 28.6 Å². The zero-order valence-electron chi connectivity index (χ0n) is 8.81. The standard InChI is InChI=1S/C10H10BrN3O2/c1-10(2,9(15)16)8-12-7-4-3-6(11)5-14(7)13-8/h3-5H,1-2H3,(H,15,16). The van der Waals surface area contributed by atoms with Crippen LogP contribution in [0.2, 0.25) is 0 Å². The fourth-order valence-electron chi connectivity index (χ4n) is 1.22. The molecule has 2 heterocycles. The van der Waals surface area contributed by atoms with Crippen molar-refractivity contribution in [1.82, 2.24) is 14.6 Å². The molecule has 0 saturated heterocycles. The van der Waals surface area contributed by atoms with E-state index in [0.29, 0.717) is 11.5 Å². The topological polar surface area (TPSA) is 67.5 Å². The Balaban J connectivity index is 2.59. The van der Waals surface area contributed by atoms with Gasteiger partial charge in [0.2, 0.25) is 0 Å². The maximum absolute atomic E-state index is 11.1. The van der Waals surface area contributed by atoms with Crippen LogP contribution >= 0.6 is 15.9 Å². The van der Waals surface area contributed by atoms with Gasteiger partial charge in [-0.25, -0.2) is 9.50 Å². The fraction of sp³-hybridized carbons (Fsp3) is 0.300. The minimum absolute atomic E-state index is 0.304. The van der Waals surface area contributed by atoms with Crippen LogP contribution in [0, 0.1) is 0 Å². The van der Waals surface area contributed by atoms with Gasteiger partial charge < -0.3 is 5.11 Å². The molecule has 0 bridgehead atoms. The second-order valence-corrected chi connectivity index (χ2v) is 4.93.